The second-order valence-corrected chi connectivity index (χ2v) is 8.97. The number of benzene rings is 3. The maximum absolute atomic E-state index is 13.0. The van der Waals surface area contributed by atoms with Gasteiger partial charge in [-0.25, -0.2) is 4.98 Å². The van der Waals surface area contributed by atoms with Crippen molar-refractivity contribution in [2.75, 3.05) is 11.4 Å². The number of imidazole rings is 1. The Morgan fingerprint density at radius 3 is 2.55 bits per heavy atom. The summed E-state index contributed by atoms with van der Waals surface area (Å²) in [5.41, 5.74) is 5.55. The summed E-state index contributed by atoms with van der Waals surface area (Å²) in [7, 11) is 0. The van der Waals surface area contributed by atoms with Crippen molar-refractivity contribution in [2.45, 2.75) is 32.2 Å². The molecule has 1 amide bonds. The van der Waals surface area contributed by atoms with Crippen molar-refractivity contribution in [3.8, 4) is 0 Å². The molecule has 4 aromatic rings. The second-order valence-electron chi connectivity index (χ2n) is 8.06. The molecule has 5 rings (SSSR count). The number of carbonyl (C=O) groups excluding carboxylic acids is 1. The molecule has 1 aliphatic rings. The van der Waals surface area contributed by atoms with Crippen LogP contribution in [0.25, 0.3) is 11.0 Å². The fraction of sp³-hybridized carbons (Fsp3) is 0.231. The van der Waals surface area contributed by atoms with Crippen LogP contribution < -0.4 is 4.90 Å². The minimum absolute atomic E-state index is 0.0697. The van der Waals surface area contributed by atoms with Gasteiger partial charge in [-0.3, -0.25) is 4.79 Å². The molecule has 1 unspecified atom stereocenters. The number of amides is 1. The number of anilines is 1. The van der Waals surface area contributed by atoms with Gasteiger partial charge in [0.2, 0.25) is 5.91 Å². The van der Waals surface area contributed by atoms with Crippen LogP contribution in [-0.2, 0) is 17.8 Å². The van der Waals surface area contributed by atoms with Crippen LogP contribution >= 0.6 is 15.9 Å². The molecule has 1 aromatic heterocycles. The van der Waals surface area contributed by atoms with Crippen molar-refractivity contribution >= 4 is 38.6 Å². The Bertz CT molecular complexity index is 1250. The van der Waals surface area contributed by atoms with Gasteiger partial charge in [0.15, 0.2) is 0 Å². The van der Waals surface area contributed by atoms with E-state index in [1.165, 1.54) is 11.1 Å². The van der Waals surface area contributed by atoms with Gasteiger partial charge in [0.25, 0.3) is 0 Å². The first-order chi connectivity index (χ1) is 15.1. The summed E-state index contributed by atoms with van der Waals surface area (Å²) in [6, 6.07) is 24.9. The molecular weight excluding hydrogens is 450 g/mol. The number of hydrogen-bond acceptors (Lipinski definition) is 2. The van der Waals surface area contributed by atoms with E-state index in [0.717, 1.165) is 40.0 Å². The minimum atomic E-state index is 0.0697. The maximum atomic E-state index is 13.0. The lowest BCUT2D eigenvalue weighted by atomic mass is 10.1. The van der Waals surface area contributed by atoms with Crippen LogP contribution in [0.1, 0.15) is 36.2 Å². The van der Waals surface area contributed by atoms with Gasteiger partial charge < -0.3 is 9.47 Å². The quantitative estimate of drug-likeness (QED) is 0.360. The Labute approximate surface area is 190 Å². The van der Waals surface area contributed by atoms with E-state index < -0.39 is 0 Å². The minimum Gasteiger partial charge on any atom is -0.323 e. The highest BCUT2D eigenvalue weighted by Gasteiger charge is 2.35. The number of fused-ring (bicyclic) bond motifs is 1. The van der Waals surface area contributed by atoms with E-state index in [2.05, 4.69) is 82.0 Å². The summed E-state index contributed by atoms with van der Waals surface area (Å²) in [6.45, 7) is 3.54. The lowest BCUT2D eigenvalue weighted by Crippen LogP contribution is -2.25. The first-order valence-corrected chi connectivity index (χ1v) is 11.5. The molecular formula is C26H24BrN3O. The second kappa shape index (κ2) is 8.31. The summed E-state index contributed by atoms with van der Waals surface area (Å²) in [6.07, 6.45) is 1.40. The number of aromatic nitrogens is 2. The van der Waals surface area contributed by atoms with E-state index in [1.54, 1.807) is 0 Å². The van der Waals surface area contributed by atoms with Gasteiger partial charge in [-0.2, -0.15) is 0 Å². The van der Waals surface area contributed by atoms with Crippen LogP contribution in [-0.4, -0.2) is 22.0 Å². The van der Waals surface area contributed by atoms with Crippen molar-refractivity contribution < 1.29 is 4.79 Å². The van der Waals surface area contributed by atoms with Gasteiger partial charge in [0.05, 0.1) is 11.0 Å². The maximum Gasteiger partial charge on any atom is 0.227 e. The zero-order chi connectivity index (χ0) is 21.4. The lowest BCUT2D eigenvalue weighted by Gasteiger charge is -2.20. The molecule has 1 saturated heterocycles. The average Bonchev–Trinajstić information content (AvgIpc) is 3.36. The average molecular weight is 474 g/mol. The fourth-order valence-electron chi connectivity index (χ4n) is 4.53. The Kier molecular flexibility index (Phi) is 5.36. The largest absolute Gasteiger partial charge is 0.323 e. The molecule has 4 nitrogen and oxygen atoms in total. The van der Waals surface area contributed by atoms with Crippen LogP contribution in [0.4, 0.5) is 5.69 Å². The number of halogens is 1. The molecule has 0 bridgehead atoms. The molecule has 0 saturated carbocycles. The van der Waals surface area contributed by atoms with Crippen LogP contribution in [0.2, 0.25) is 0 Å². The van der Waals surface area contributed by atoms with Crippen molar-refractivity contribution in [3.63, 3.8) is 0 Å². The van der Waals surface area contributed by atoms with Crippen LogP contribution in [0, 0.1) is 0 Å². The zero-order valence-corrected chi connectivity index (χ0v) is 19.0. The number of aryl methyl sites for hydroxylation is 1. The monoisotopic (exact) mass is 473 g/mol. The van der Waals surface area contributed by atoms with E-state index in [-0.39, 0.29) is 11.8 Å². The van der Waals surface area contributed by atoms with Gasteiger partial charge >= 0.3 is 0 Å². The topological polar surface area (TPSA) is 38.1 Å². The summed E-state index contributed by atoms with van der Waals surface area (Å²) >= 11 is 3.52. The predicted octanol–water partition coefficient (Wildman–Crippen LogP) is 5.93. The molecule has 0 aliphatic carbocycles. The number of nitrogens with zero attached hydrogens (tertiary/aromatic N) is 3. The SMILES string of the molecule is CCc1ccccc1N1CC(c2nc3ccccc3n2Cc2ccc(Br)cc2)CC1=O. The van der Waals surface area contributed by atoms with E-state index in [1.807, 2.05) is 23.1 Å². The van der Waals surface area contributed by atoms with Gasteiger partial charge in [0.1, 0.15) is 5.82 Å². The third kappa shape index (κ3) is 3.79. The third-order valence-electron chi connectivity index (χ3n) is 6.09. The van der Waals surface area contributed by atoms with E-state index in [0.29, 0.717) is 13.0 Å². The molecule has 31 heavy (non-hydrogen) atoms. The van der Waals surface area contributed by atoms with Gasteiger partial charge in [-0.05, 0) is 47.9 Å². The standard InChI is InChI=1S/C26H24BrN3O/c1-2-19-7-3-5-9-23(19)29-17-20(15-25(29)31)26-28-22-8-4-6-10-24(22)30(26)16-18-11-13-21(27)14-12-18/h3-14,20H,2,15-17H2,1H3. The zero-order valence-electron chi connectivity index (χ0n) is 17.5. The van der Waals surface area contributed by atoms with Crippen LogP contribution in [0.3, 0.4) is 0 Å². The number of carbonyl (C=O) groups is 1. The smallest absolute Gasteiger partial charge is 0.227 e. The normalized spacial score (nSPS) is 16.4. The van der Waals surface area contributed by atoms with Gasteiger partial charge in [0, 0.05) is 35.6 Å². The Morgan fingerprint density at radius 1 is 1.00 bits per heavy atom. The molecule has 156 valence electrons. The fourth-order valence-corrected chi connectivity index (χ4v) is 4.80. The molecule has 0 radical (unpaired) electrons. The Hall–Kier alpha value is -2.92. The predicted molar refractivity (Wildman–Crippen MR) is 129 cm³/mol. The summed E-state index contributed by atoms with van der Waals surface area (Å²) in [5, 5.41) is 0. The molecule has 2 heterocycles. The van der Waals surface area contributed by atoms with Crippen LogP contribution in [0.5, 0.6) is 0 Å². The van der Waals surface area contributed by atoms with E-state index in [4.69, 9.17) is 4.98 Å². The van der Waals surface area contributed by atoms with Crippen molar-refractivity contribution in [1.29, 1.82) is 0 Å². The molecule has 1 atom stereocenters. The Morgan fingerprint density at radius 2 is 1.74 bits per heavy atom. The molecule has 1 aliphatic heterocycles. The van der Waals surface area contributed by atoms with Gasteiger partial charge in [-0.15, -0.1) is 0 Å². The van der Waals surface area contributed by atoms with E-state index in [9.17, 15) is 4.79 Å². The van der Waals surface area contributed by atoms with Crippen LogP contribution in [0.15, 0.2) is 77.3 Å². The number of para-hydroxylation sites is 3. The summed E-state index contributed by atoms with van der Waals surface area (Å²) in [4.78, 5) is 20.0. The third-order valence-corrected chi connectivity index (χ3v) is 6.62. The van der Waals surface area contributed by atoms with Gasteiger partial charge in [-0.1, -0.05) is 65.3 Å². The van der Waals surface area contributed by atoms with Crippen molar-refractivity contribution in [3.05, 3.63) is 94.2 Å². The van der Waals surface area contributed by atoms with Crippen molar-refractivity contribution in [2.24, 2.45) is 0 Å². The van der Waals surface area contributed by atoms with Crippen molar-refractivity contribution in [1.82, 2.24) is 9.55 Å². The molecule has 0 N–H and O–H groups in total. The summed E-state index contributed by atoms with van der Waals surface area (Å²) in [5.74, 6) is 1.24. The Balaban J connectivity index is 1.53. The lowest BCUT2D eigenvalue weighted by molar-refractivity contribution is -0.117. The molecule has 0 spiro atoms. The highest BCUT2D eigenvalue weighted by atomic mass is 79.9. The molecule has 3 aromatic carbocycles. The first kappa shape index (κ1) is 20.0. The highest BCUT2D eigenvalue weighted by Crippen LogP contribution is 2.35. The molecule has 5 heteroatoms. The molecule has 1 fully saturated rings. The van der Waals surface area contributed by atoms with E-state index >= 15 is 0 Å². The summed E-state index contributed by atoms with van der Waals surface area (Å²) < 4.78 is 3.35. The number of hydrogen-bond donors (Lipinski definition) is 0. The highest BCUT2D eigenvalue weighted by molar-refractivity contribution is 9.10. The first-order valence-electron chi connectivity index (χ1n) is 10.7. The number of rotatable bonds is 5.